The topological polar surface area (TPSA) is 41.6 Å². The average molecular weight is 296 g/mol. The molecule has 0 atom stereocenters. The van der Waals surface area contributed by atoms with Crippen molar-refractivity contribution in [3.05, 3.63) is 54.1 Å². The molecule has 22 heavy (non-hydrogen) atoms. The Morgan fingerprint density at radius 3 is 2.68 bits per heavy atom. The van der Waals surface area contributed by atoms with E-state index >= 15 is 0 Å². The number of benzene rings is 2. The van der Waals surface area contributed by atoms with Crippen LogP contribution in [0.15, 0.2) is 48.5 Å². The first kappa shape index (κ1) is 14.4. The van der Waals surface area contributed by atoms with E-state index < -0.39 is 0 Å². The molecule has 1 amide bonds. The molecule has 2 aromatic carbocycles. The zero-order chi connectivity index (χ0) is 15.4. The fourth-order valence-electron chi connectivity index (χ4n) is 2.75. The molecular formula is C18H20N2O2. The molecule has 1 heterocycles. The molecule has 0 aromatic heterocycles. The molecule has 0 bridgehead atoms. The van der Waals surface area contributed by atoms with Crippen molar-refractivity contribution in [2.45, 2.75) is 19.4 Å². The van der Waals surface area contributed by atoms with Crippen LogP contribution in [0.25, 0.3) is 0 Å². The van der Waals surface area contributed by atoms with Crippen molar-refractivity contribution in [1.29, 1.82) is 0 Å². The maximum atomic E-state index is 11.9. The highest BCUT2D eigenvalue weighted by Gasteiger charge is 2.22. The Bertz CT molecular complexity index is 655. The third-order valence-electron chi connectivity index (χ3n) is 3.91. The Morgan fingerprint density at radius 1 is 1.18 bits per heavy atom. The molecule has 1 aliphatic heterocycles. The number of hydrogen-bond acceptors (Lipinski definition) is 3. The van der Waals surface area contributed by atoms with Crippen LogP contribution in [0.3, 0.4) is 0 Å². The summed E-state index contributed by atoms with van der Waals surface area (Å²) >= 11 is 0. The molecule has 0 radical (unpaired) electrons. The maximum absolute atomic E-state index is 11.9. The second-order valence-electron chi connectivity index (χ2n) is 5.36. The summed E-state index contributed by atoms with van der Waals surface area (Å²) in [5.74, 6) is 1.03. The van der Waals surface area contributed by atoms with E-state index in [4.69, 9.17) is 4.74 Å². The van der Waals surface area contributed by atoms with Gasteiger partial charge in [0.05, 0.1) is 7.11 Å². The van der Waals surface area contributed by atoms with Crippen molar-refractivity contribution in [2.24, 2.45) is 0 Å². The van der Waals surface area contributed by atoms with Gasteiger partial charge in [-0.15, -0.1) is 0 Å². The van der Waals surface area contributed by atoms with Crippen molar-refractivity contribution >= 4 is 17.3 Å². The van der Waals surface area contributed by atoms with Crippen molar-refractivity contribution in [3.63, 3.8) is 0 Å². The van der Waals surface area contributed by atoms with Crippen LogP contribution >= 0.6 is 0 Å². The van der Waals surface area contributed by atoms with Gasteiger partial charge in [0.15, 0.2) is 0 Å². The third-order valence-corrected chi connectivity index (χ3v) is 3.91. The number of ether oxygens (including phenoxy) is 1. The monoisotopic (exact) mass is 296 g/mol. The van der Waals surface area contributed by atoms with E-state index in [0.717, 1.165) is 35.7 Å². The van der Waals surface area contributed by atoms with Crippen LogP contribution in [0, 0.1) is 0 Å². The summed E-state index contributed by atoms with van der Waals surface area (Å²) in [6.07, 6.45) is 1.58. The summed E-state index contributed by atoms with van der Waals surface area (Å²) in [4.78, 5) is 13.8. The Hall–Kier alpha value is -2.49. The largest absolute Gasteiger partial charge is 0.496 e. The number of carbonyl (C=O) groups is 1. The van der Waals surface area contributed by atoms with Crippen LogP contribution < -0.4 is 15.0 Å². The summed E-state index contributed by atoms with van der Waals surface area (Å²) in [5.41, 5.74) is 3.06. The zero-order valence-electron chi connectivity index (χ0n) is 12.7. The van der Waals surface area contributed by atoms with Gasteiger partial charge in [-0.3, -0.25) is 4.79 Å². The highest BCUT2D eigenvalue weighted by Crippen LogP contribution is 2.28. The van der Waals surface area contributed by atoms with Crippen molar-refractivity contribution in [3.8, 4) is 5.75 Å². The molecule has 1 fully saturated rings. The molecule has 2 aromatic rings. The Labute approximate surface area is 130 Å². The summed E-state index contributed by atoms with van der Waals surface area (Å²) in [7, 11) is 1.67. The first-order valence-electron chi connectivity index (χ1n) is 7.54. The van der Waals surface area contributed by atoms with Gasteiger partial charge in [-0.1, -0.05) is 18.2 Å². The van der Waals surface area contributed by atoms with Crippen LogP contribution in [-0.2, 0) is 11.3 Å². The Morgan fingerprint density at radius 2 is 2.00 bits per heavy atom. The minimum atomic E-state index is 0.201. The second kappa shape index (κ2) is 6.52. The minimum Gasteiger partial charge on any atom is -0.496 e. The van der Waals surface area contributed by atoms with Crippen LogP contribution in [0.2, 0.25) is 0 Å². The quantitative estimate of drug-likeness (QED) is 0.919. The summed E-state index contributed by atoms with van der Waals surface area (Å²) < 4.78 is 5.43. The zero-order valence-corrected chi connectivity index (χ0v) is 12.7. The molecule has 0 unspecified atom stereocenters. The van der Waals surface area contributed by atoms with Gasteiger partial charge >= 0.3 is 0 Å². The first-order chi connectivity index (χ1) is 10.8. The third kappa shape index (κ3) is 3.06. The standard InChI is InChI=1S/C18H20N2O2/c1-22-17-10-9-16(20-11-5-8-18(20)21)12-14(17)13-19-15-6-3-2-4-7-15/h2-4,6-7,9-10,12,19H,5,8,11,13H2,1H3. The normalized spacial score (nSPS) is 14.2. The minimum absolute atomic E-state index is 0.201. The highest BCUT2D eigenvalue weighted by atomic mass is 16.5. The lowest BCUT2D eigenvalue weighted by Crippen LogP contribution is -2.23. The molecule has 1 N–H and O–H groups in total. The molecule has 0 spiro atoms. The van der Waals surface area contributed by atoms with Gasteiger partial charge in [-0.2, -0.15) is 0 Å². The van der Waals surface area contributed by atoms with Crippen molar-refractivity contribution < 1.29 is 9.53 Å². The molecule has 0 saturated carbocycles. The highest BCUT2D eigenvalue weighted by molar-refractivity contribution is 5.95. The fourth-order valence-corrected chi connectivity index (χ4v) is 2.75. The van der Waals surface area contributed by atoms with E-state index in [1.54, 1.807) is 7.11 Å². The number of methoxy groups -OCH3 is 1. The number of nitrogens with zero attached hydrogens (tertiary/aromatic N) is 1. The van der Waals surface area contributed by atoms with Gasteiger partial charge < -0.3 is 15.0 Å². The number of nitrogens with one attached hydrogen (secondary N) is 1. The van der Waals surface area contributed by atoms with Gasteiger partial charge in [-0.25, -0.2) is 0 Å². The van der Waals surface area contributed by atoms with Gasteiger partial charge in [0, 0.05) is 36.4 Å². The van der Waals surface area contributed by atoms with Gasteiger partial charge in [0.1, 0.15) is 5.75 Å². The molecular weight excluding hydrogens is 276 g/mol. The molecule has 4 heteroatoms. The molecule has 4 nitrogen and oxygen atoms in total. The smallest absolute Gasteiger partial charge is 0.227 e. The van der Waals surface area contributed by atoms with Crippen LogP contribution in [-0.4, -0.2) is 19.6 Å². The number of para-hydroxylation sites is 1. The first-order valence-corrected chi connectivity index (χ1v) is 7.54. The van der Waals surface area contributed by atoms with Crippen molar-refractivity contribution in [1.82, 2.24) is 0 Å². The van der Waals surface area contributed by atoms with E-state index in [0.29, 0.717) is 13.0 Å². The predicted octanol–water partition coefficient (Wildman–Crippen LogP) is 3.43. The number of carbonyl (C=O) groups excluding carboxylic acids is 1. The lowest BCUT2D eigenvalue weighted by Gasteiger charge is -2.18. The van der Waals surface area contributed by atoms with Crippen LogP contribution in [0.5, 0.6) is 5.75 Å². The maximum Gasteiger partial charge on any atom is 0.227 e. The predicted molar refractivity (Wildman–Crippen MR) is 88.3 cm³/mol. The van der Waals surface area contributed by atoms with E-state index in [9.17, 15) is 4.79 Å². The summed E-state index contributed by atoms with van der Waals surface area (Å²) in [6.45, 7) is 1.46. The van der Waals surface area contributed by atoms with E-state index in [1.165, 1.54) is 0 Å². The van der Waals surface area contributed by atoms with E-state index in [1.807, 2.05) is 53.4 Å². The lowest BCUT2D eigenvalue weighted by molar-refractivity contribution is -0.117. The summed E-state index contributed by atoms with van der Waals surface area (Å²) in [6, 6.07) is 16.0. The fraction of sp³-hybridized carbons (Fsp3) is 0.278. The van der Waals surface area contributed by atoms with Gasteiger partial charge in [-0.05, 0) is 36.8 Å². The Balaban J connectivity index is 1.80. The molecule has 114 valence electrons. The molecule has 1 saturated heterocycles. The number of hydrogen-bond donors (Lipinski definition) is 1. The molecule has 1 aliphatic rings. The van der Waals surface area contributed by atoms with Crippen molar-refractivity contribution in [2.75, 3.05) is 23.9 Å². The van der Waals surface area contributed by atoms with Gasteiger partial charge in [0.2, 0.25) is 5.91 Å². The molecule has 0 aliphatic carbocycles. The number of amides is 1. The van der Waals surface area contributed by atoms with Crippen LogP contribution in [0.1, 0.15) is 18.4 Å². The van der Waals surface area contributed by atoms with E-state index in [-0.39, 0.29) is 5.91 Å². The second-order valence-corrected chi connectivity index (χ2v) is 5.36. The average Bonchev–Trinajstić information content (AvgIpc) is 2.99. The number of rotatable bonds is 5. The summed E-state index contributed by atoms with van der Waals surface area (Å²) in [5, 5.41) is 3.38. The Kier molecular flexibility index (Phi) is 4.28. The van der Waals surface area contributed by atoms with Crippen LogP contribution in [0.4, 0.5) is 11.4 Å². The van der Waals surface area contributed by atoms with E-state index in [2.05, 4.69) is 5.32 Å². The SMILES string of the molecule is COc1ccc(N2CCCC2=O)cc1CNc1ccccc1. The van der Waals surface area contributed by atoms with Gasteiger partial charge in [0.25, 0.3) is 0 Å². The lowest BCUT2D eigenvalue weighted by atomic mass is 10.1. The number of anilines is 2. The molecule has 3 rings (SSSR count).